The first-order valence-corrected chi connectivity index (χ1v) is 12.0. The Bertz CT molecular complexity index is 1120. The zero-order chi connectivity index (χ0) is 22.8. The summed E-state index contributed by atoms with van der Waals surface area (Å²) >= 11 is 0. The van der Waals surface area contributed by atoms with Crippen molar-refractivity contribution in [2.24, 2.45) is 7.05 Å². The van der Waals surface area contributed by atoms with Crippen LogP contribution in [-0.2, 0) is 13.6 Å². The van der Waals surface area contributed by atoms with Gasteiger partial charge in [-0.15, -0.1) is 0 Å². The number of carbonyl (C=O) groups excluding carboxylic acids is 1. The highest BCUT2D eigenvalue weighted by atomic mass is 16.5. The molecule has 2 fully saturated rings. The van der Waals surface area contributed by atoms with Gasteiger partial charge in [-0.25, -0.2) is 0 Å². The molecule has 0 radical (unpaired) electrons. The van der Waals surface area contributed by atoms with Crippen molar-refractivity contribution in [3.63, 3.8) is 0 Å². The molecule has 2 aliphatic rings. The van der Waals surface area contributed by atoms with Crippen molar-refractivity contribution >= 4 is 16.8 Å². The van der Waals surface area contributed by atoms with Crippen LogP contribution in [0.25, 0.3) is 10.9 Å². The van der Waals surface area contributed by atoms with E-state index >= 15 is 0 Å². The standard InChI is InChI=1S/C27H33N3O3/c1-28-18-20(23-7-3-4-8-25(23)28)19-29-15-11-21(12-16-29)33-26-17-22(32-2)9-10-24(26)27(31)30-13-5-6-14-30/h3-4,7-10,17-18,21H,5-6,11-16,19H2,1-2H3. The molecule has 0 spiro atoms. The van der Waals surface area contributed by atoms with Crippen molar-refractivity contribution in [3.05, 3.63) is 59.8 Å². The summed E-state index contributed by atoms with van der Waals surface area (Å²) < 4.78 is 14.0. The van der Waals surface area contributed by atoms with Gasteiger partial charge in [0.2, 0.25) is 0 Å². The molecule has 33 heavy (non-hydrogen) atoms. The highest BCUT2D eigenvalue weighted by molar-refractivity contribution is 5.97. The first-order chi connectivity index (χ1) is 16.1. The van der Waals surface area contributed by atoms with Gasteiger partial charge in [-0.2, -0.15) is 0 Å². The third-order valence-corrected chi connectivity index (χ3v) is 7.01. The van der Waals surface area contributed by atoms with Crippen LogP contribution in [0.4, 0.5) is 0 Å². The molecule has 6 heteroatoms. The summed E-state index contributed by atoms with van der Waals surface area (Å²) in [4.78, 5) is 17.5. The molecule has 0 saturated carbocycles. The summed E-state index contributed by atoms with van der Waals surface area (Å²) in [6, 6.07) is 14.2. The van der Waals surface area contributed by atoms with Crippen LogP contribution >= 0.6 is 0 Å². The molecule has 0 N–H and O–H groups in total. The molecule has 174 valence electrons. The monoisotopic (exact) mass is 447 g/mol. The lowest BCUT2D eigenvalue weighted by molar-refractivity contribution is 0.0764. The zero-order valence-corrected chi connectivity index (χ0v) is 19.6. The molecule has 6 nitrogen and oxygen atoms in total. The van der Waals surface area contributed by atoms with E-state index in [9.17, 15) is 4.79 Å². The Kier molecular flexibility index (Phi) is 6.27. The number of piperidine rings is 1. The van der Waals surface area contributed by atoms with Gasteiger partial charge >= 0.3 is 0 Å². The van der Waals surface area contributed by atoms with Crippen LogP contribution in [0.2, 0.25) is 0 Å². The minimum absolute atomic E-state index is 0.0681. The van der Waals surface area contributed by atoms with E-state index in [4.69, 9.17) is 9.47 Å². The molecule has 0 aliphatic carbocycles. The second-order valence-electron chi connectivity index (χ2n) is 9.24. The first kappa shape index (κ1) is 21.8. The van der Waals surface area contributed by atoms with E-state index in [0.717, 1.165) is 64.2 Å². The fourth-order valence-electron chi connectivity index (χ4n) is 5.15. The Labute approximate surface area is 195 Å². The summed E-state index contributed by atoms with van der Waals surface area (Å²) in [7, 11) is 3.76. The normalized spacial score (nSPS) is 17.6. The maximum atomic E-state index is 13.1. The minimum atomic E-state index is 0.0681. The van der Waals surface area contributed by atoms with Crippen LogP contribution < -0.4 is 9.47 Å². The van der Waals surface area contributed by atoms with Crippen molar-refractivity contribution in [1.29, 1.82) is 0 Å². The second-order valence-corrected chi connectivity index (χ2v) is 9.24. The van der Waals surface area contributed by atoms with Crippen molar-refractivity contribution < 1.29 is 14.3 Å². The third-order valence-electron chi connectivity index (χ3n) is 7.01. The zero-order valence-electron chi connectivity index (χ0n) is 19.6. The smallest absolute Gasteiger partial charge is 0.257 e. The highest BCUT2D eigenvalue weighted by Gasteiger charge is 2.26. The van der Waals surface area contributed by atoms with Gasteiger partial charge in [0.15, 0.2) is 0 Å². The fourth-order valence-corrected chi connectivity index (χ4v) is 5.15. The number of ether oxygens (including phenoxy) is 2. The molecular weight excluding hydrogens is 414 g/mol. The largest absolute Gasteiger partial charge is 0.497 e. The Morgan fingerprint density at radius 3 is 2.55 bits per heavy atom. The molecule has 2 aliphatic heterocycles. The Balaban J connectivity index is 1.25. The summed E-state index contributed by atoms with van der Waals surface area (Å²) in [5.74, 6) is 1.44. The lowest BCUT2D eigenvalue weighted by Gasteiger charge is -2.32. The van der Waals surface area contributed by atoms with Crippen LogP contribution in [0.3, 0.4) is 0 Å². The summed E-state index contributed by atoms with van der Waals surface area (Å²) in [6.45, 7) is 4.57. The van der Waals surface area contributed by atoms with Crippen molar-refractivity contribution in [2.45, 2.75) is 38.3 Å². The van der Waals surface area contributed by atoms with E-state index in [1.807, 2.05) is 23.1 Å². The fraction of sp³-hybridized carbons (Fsp3) is 0.444. The Morgan fingerprint density at radius 1 is 1.03 bits per heavy atom. The van der Waals surface area contributed by atoms with E-state index in [1.54, 1.807) is 7.11 Å². The molecule has 2 aromatic carbocycles. The first-order valence-electron chi connectivity index (χ1n) is 12.0. The minimum Gasteiger partial charge on any atom is -0.497 e. The van der Waals surface area contributed by atoms with Gasteiger partial charge in [0, 0.05) is 62.9 Å². The summed E-state index contributed by atoms with van der Waals surface area (Å²) in [6.07, 6.45) is 6.39. The van der Waals surface area contributed by atoms with Gasteiger partial charge in [0.25, 0.3) is 5.91 Å². The number of hydrogen-bond donors (Lipinski definition) is 0. The van der Waals surface area contributed by atoms with Crippen molar-refractivity contribution in [3.8, 4) is 11.5 Å². The molecule has 5 rings (SSSR count). The maximum Gasteiger partial charge on any atom is 0.257 e. The number of methoxy groups -OCH3 is 1. The quantitative estimate of drug-likeness (QED) is 0.560. The second kappa shape index (κ2) is 9.48. The number of nitrogens with zero attached hydrogens (tertiary/aromatic N) is 3. The molecule has 3 aromatic rings. The van der Waals surface area contributed by atoms with E-state index in [-0.39, 0.29) is 12.0 Å². The van der Waals surface area contributed by atoms with E-state index < -0.39 is 0 Å². The van der Waals surface area contributed by atoms with Crippen LogP contribution in [0.1, 0.15) is 41.6 Å². The van der Waals surface area contributed by atoms with Gasteiger partial charge in [0.1, 0.15) is 17.6 Å². The van der Waals surface area contributed by atoms with Crippen LogP contribution in [0.5, 0.6) is 11.5 Å². The number of amides is 1. The van der Waals surface area contributed by atoms with Gasteiger partial charge in [-0.1, -0.05) is 18.2 Å². The summed E-state index contributed by atoms with van der Waals surface area (Å²) in [5.41, 5.74) is 3.30. The van der Waals surface area contributed by atoms with Gasteiger partial charge < -0.3 is 18.9 Å². The predicted molar refractivity (Wildman–Crippen MR) is 130 cm³/mol. The molecule has 2 saturated heterocycles. The number of fused-ring (bicyclic) bond motifs is 1. The number of rotatable bonds is 6. The van der Waals surface area contributed by atoms with Crippen molar-refractivity contribution in [1.82, 2.24) is 14.4 Å². The number of carbonyl (C=O) groups is 1. The van der Waals surface area contributed by atoms with Gasteiger partial charge in [-0.3, -0.25) is 9.69 Å². The molecule has 1 aromatic heterocycles. The van der Waals surface area contributed by atoms with E-state index in [2.05, 4.69) is 47.0 Å². The molecular formula is C27H33N3O3. The molecule has 0 atom stereocenters. The Morgan fingerprint density at radius 2 is 1.79 bits per heavy atom. The number of likely N-dealkylation sites (tertiary alicyclic amines) is 2. The van der Waals surface area contributed by atoms with Crippen LogP contribution in [0, 0.1) is 0 Å². The highest BCUT2D eigenvalue weighted by Crippen LogP contribution is 2.30. The average molecular weight is 448 g/mol. The lowest BCUT2D eigenvalue weighted by Crippen LogP contribution is -2.38. The summed E-state index contributed by atoms with van der Waals surface area (Å²) in [5, 5.41) is 1.33. The van der Waals surface area contributed by atoms with Gasteiger partial charge in [-0.05, 0) is 49.4 Å². The predicted octanol–water partition coefficient (Wildman–Crippen LogP) is 4.47. The lowest BCUT2D eigenvalue weighted by atomic mass is 10.1. The topological polar surface area (TPSA) is 46.9 Å². The Hall–Kier alpha value is -2.99. The number of para-hydroxylation sites is 1. The van der Waals surface area contributed by atoms with E-state index in [1.165, 1.54) is 16.5 Å². The molecule has 3 heterocycles. The number of hydrogen-bond acceptors (Lipinski definition) is 4. The number of benzene rings is 2. The third kappa shape index (κ3) is 4.58. The van der Waals surface area contributed by atoms with Crippen LogP contribution in [-0.4, -0.2) is 59.7 Å². The molecule has 0 bridgehead atoms. The average Bonchev–Trinajstić information content (AvgIpc) is 3.49. The number of aromatic nitrogens is 1. The number of aryl methyl sites for hydroxylation is 1. The SMILES string of the molecule is COc1ccc(C(=O)N2CCCC2)c(OC2CCN(Cc3cn(C)c4ccccc34)CC2)c1. The van der Waals surface area contributed by atoms with E-state index in [0.29, 0.717) is 11.3 Å². The van der Waals surface area contributed by atoms with Crippen molar-refractivity contribution in [2.75, 3.05) is 33.3 Å². The molecule has 1 amide bonds. The molecule has 0 unspecified atom stereocenters. The van der Waals surface area contributed by atoms with Crippen LogP contribution in [0.15, 0.2) is 48.7 Å². The van der Waals surface area contributed by atoms with Gasteiger partial charge in [0.05, 0.1) is 12.7 Å². The maximum absolute atomic E-state index is 13.1.